The molecule has 0 fully saturated rings. The molecule has 0 spiro atoms. The highest BCUT2D eigenvalue weighted by atomic mass is 16.6. The number of anilines is 1. The van der Waals surface area contributed by atoms with Crippen LogP contribution in [0, 0.1) is 0 Å². The van der Waals surface area contributed by atoms with Crippen molar-refractivity contribution in [2.24, 2.45) is 0 Å². The van der Waals surface area contributed by atoms with Gasteiger partial charge in [-0.15, -0.1) is 0 Å². The number of benzene rings is 3. The summed E-state index contributed by atoms with van der Waals surface area (Å²) in [7, 11) is 0. The Morgan fingerprint density at radius 3 is 1.53 bits per heavy atom. The molecule has 2 N–H and O–H groups in total. The van der Waals surface area contributed by atoms with Gasteiger partial charge in [-0.2, -0.15) is 4.90 Å². The zero-order valence-electron chi connectivity index (χ0n) is 16.0. The number of hydrogen-bond acceptors (Lipinski definition) is 6. The minimum Gasteiger partial charge on any atom is -0.444 e. The Balaban J connectivity index is 0.000000806. The fourth-order valence-electron chi connectivity index (χ4n) is 2.72. The zero-order valence-corrected chi connectivity index (χ0v) is 16.0. The molecular formula is C22H19BNO6. The van der Waals surface area contributed by atoms with E-state index in [2.05, 4.69) is 0 Å². The van der Waals surface area contributed by atoms with Crippen LogP contribution in [0.3, 0.4) is 0 Å². The summed E-state index contributed by atoms with van der Waals surface area (Å²) in [5.74, 6) is 0. The quantitative estimate of drug-likeness (QED) is 0.493. The molecule has 8 heteroatoms. The number of carbonyl (C=O) groups is 2. The van der Waals surface area contributed by atoms with E-state index in [-0.39, 0.29) is 20.9 Å². The summed E-state index contributed by atoms with van der Waals surface area (Å²) in [5, 5.41) is 14.0. The molecule has 0 bridgehead atoms. The lowest BCUT2D eigenvalue weighted by molar-refractivity contribution is 0.127. The molecular weight excluding hydrogens is 385 g/mol. The van der Waals surface area contributed by atoms with Crippen LogP contribution >= 0.6 is 0 Å². The molecule has 7 nitrogen and oxygen atoms in total. The predicted octanol–water partition coefficient (Wildman–Crippen LogP) is 3.65. The number of imide groups is 1. The molecule has 2 aromatic rings. The molecule has 0 atom stereocenters. The highest BCUT2D eigenvalue weighted by molar-refractivity contribution is 6.13. The van der Waals surface area contributed by atoms with Crippen molar-refractivity contribution in [2.45, 2.75) is 13.2 Å². The summed E-state index contributed by atoms with van der Waals surface area (Å²) in [5.41, 5.74) is 4.17. The molecule has 0 heterocycles. The fourth-order valence-corrected chi connectivity index (χ4v) is 2.72. The molecule has 0 aliphatic heterocycles. The smallest absolute Gasteiger partial charge is 0.444 e. The third-order valence-corrected chi connectivity index (χ3v) is 4.20. The molecule has 2 aliphatic carbocycles. The first kappa shape index (κ1) is 21.1. The van der Waals surface area contributed by atoms with E-state index in [1.807, 2.05) is 66.7 Å². The van der Waals surface area contributed by atoms with Gasteiger partial charge >= 0.3 is 19.9 Å². The van der Waals surface area contributed by atoms with E-state index in [4.69, 9.17) is 19.5 Å². The van der Waals surface area contributed by atoms with Gasteiger partial charge in [0, 0.05) is 0 Å². The van der Waals surface area contributed by atoms with E-state index >= 15 is 0 Å². The van der Waals surface area contributed by atoms with Crippen molar-refractivity contribution in [3.8, 4) is 11.1 Å². The topological polar surface area (TPSA) is 96.3 Å². The zero-order chi connectivity index (χ0) is 21.3. The average molecular weight is 404 g/mol. The molecule has 0 saturated carbocycles. The lowest BCUT2D eigenvalue weighted by atomic mass is 10.2. The molecule has 1 radical (unpaired) electrons. The first-order valence-corrected chi connectivity index (χ1v) is 9.09. The number of fused-ring (bicyclic) bond motifs is 1. The van der Waals surface area contributed by atoms with Gasteiger partial charge in [0.2, 0.25) is 0 Å². The Morgan fingerprint density at radius 2 is 1.13 bits per heavy atom. The van der Waals surface area contributed by atoms with Crippen LogP contribution in [0.5, 0.6) is 0 Å². The van der Waals surface area contributed by atoms with E-state index in [1.54, 1.807) is 12.1 Å². The molecule has 0 saturated heterocycles. The number of nitrogens with zero attached hydrogens (tertiary/aromatic N) is 1. The summed E-state index contributed by atoms with van der Waals surface area (Å²) in [6.45, 7) is 0.156. The number of carbonyl (C=O) groups excluding carboxylic acids is 2. The van der Waals surface area contributed by atoms with Gasteiger partial charge in [-0.25, -0.2) is 9.59 Å². The monoisotopic (exact) mass is 404 g/mol. The van der Waals surface area contributed by atoms with Crippen molar-refractivity contribution < 1.29 is 29.1 Å². The standard InChI is InChI=1S/C22H17NO4.BH2O2/c24-21(26-14-16-7-3-1-4-8-16)23(20-12-18-11-19(18)13-20)22(25)27-15-17-9-5-2-6-10-17;2-1-3/h1-13H,14-15H2;2-3H. The minimum atomic E-state index is -0.762. The number of ether oxygens (including phenoxy) is 2. The highest BCUT2D eigenvalue weighted by Gasteiger charge is 2.30. The number of hydrogen-bond donors (Lipinski definition) is 2. The Kier molecular flexibility index (Phi) is 7.21. The lowest BCUT2D eigenvalue weighted by Crippen LogP contribution is -2.37. The van der Waals surface area contributed by atoms with Gasteiger partial charge in [0.1, 0.15) is 13.2 Å². The SMILES string of the molecule is O=C(OCc1ccccc1)N(C(=O)OCc1ccccc1)c1cc2cc-2c1.O[B]O. The van der Waals surface area contributed by atoms with Gasteiger partial charge in [-0.1, -0.05) is 60.7 Å². The van der Waals surface area contributed by atoms with Gasteiger partial charge in [-0.05, 0) is 40.5 Å². The predicted molar refractivity (Wildman–Crippen MR) is 111 cm³/mol. The van der Waals surface area contributed by atoms with E-state index in [9.17, 15) is 9.59 Å². The van der Waals surface area contributed by atoms with Crippen LogP contribution in [-0.2, 0) is 22.7 Å². The van der Waals surface area contributed by atoms with Crippen molar-refractivity contribution in [1.29, 1.82) is 0 Å². The van der Waals surface area contributed by atoms with Crippen molar-refractivity contribution >= 4 is 25.6 Å². The maximum absolute atomic E-state index is 12.6. The Labute approximate surface area is 174 Å². The van der Waals surface area contributed by atoms with Crippen molar-refractivity contribution in [3.63, 3.8) is 0 Å². The molecule has 0 aromatic heterocycles. The van der Waals surface area contributed by atoms with E-state index in [1.165, 1.54) is 0 Å². The second kappa shape index (κ2) is 10.2. The van der Waals surface area contributed by atoms with Crippen LogP contribution in [-0.4, -0.2) is 29.9 Å². The third-order valence-electron chi connectivity index (χ3n) is 4.20. The van der Waals surface area contributed by atoms with E-state index < -0.39 is 12.2 Å². The second-order valence-electron chi connectivity index (χ2n) is 6.30. The third kappa shape index (κ3) is 5.70. The fraction of sp³-hybridized carbons (Fsp3) is 0.0909. The molecule has 0 unspecified atom stereocenters. The summed E-state index contributed by atoms with van der Waals surface area (Å²) < 4.78 is 10.6. The molecule has 4 rings (SSSR count). The maximum atomic E-state index is 12.6. The van der Waals surface area contributed by atoms with Crippen LogP contribution < -0.4 is 4.90 Å². The second-order valence-corrected chi connectivity index (χ2v) is 6.30. The van der Waals surface area contributed by atoms with Gasteiger partial charge in [0.05, 0.1) is 5.69 Å². The first-order chi connectivity index (χ1) is 14.6. The van der Waals surface area contributed by atoms with Gasteiger partial charge in [0.25, 0.3) is 0 Å². The van der Waals surface area contributed by atoms with Gasteiger partial charge in [0.15, 0.2) is 0 Å². The van der Waals surface area contributed by atoms with Gasteiger partial charge in [-0.3, -0.25) is 0 Å². The molecule has 30 heavy (non-hydrogen) atoms. The summed E-state index contributed by atoms with van der Waals surface area (Å²) >= 11 is 0. The van der Waals surface area contributed by atoms with Crippen LogP contribution in [0.25, 0.3) is 11.1 Å². The molecule has 2 amide bonds. The molecule has 2 aromatic carbocycles. The Bertz CT molecular complexity index is 921. The summed E-state index contributed by atoms with van der Waals surface area (Å²) in [6.07, 6.45) is -1.52. The van der Waals surface area contributed by atoms with E-state index in [0.717, 1.165) is 27.2 Å². The van der Waals surface area contributed by atoms with E-state index in [0.29, 0.717) is 5.69 Å². The van der Waals surface area contributed by atoms with Gasteiger partial charge < -0.3 is 19.5 Å². The lowest BCUT2D eigenvalue weighted by Gasteiger charge is -2.19. The Hall–Kier alpha value is -3.62. The minimum absolute atomic E-state index is 0. The van der Waals surface area contributed by atoms with Crippen LogP contribution in [0.4, 0.5) is 15.3 Å². The number of rotatable bonds is 5. The van der Waals surface area contributed by atoms with Crippen LogP contribution in [0.2, 0.25) is 0 Å². The van der Waals surface area contributed by atoms with Crippen molar-refractivity contribution in [1.82, 2.24) is 0 Å². The van der Waals surface area contributed by atoms with Crippen LogP contribution in [0.15, 0.2) is 78.9 Å². The highest BCUT2D eigenvalue weighted by Crippen LogP contribution is 2.40. The number of amides is 2. The first-order valence-electron chi connectivity index (χ1n) is 9.09. The molecule has 2 aliphatic rings. The Morgan fingerprint density at radius 1 is 0.733 bits per heavy atom. The van der Waals surface area contributed by atoms with Crippen molar-refractivity contribution in [2.75, 3.05) is 4.90 Å². The van der Waals surface area contributed by atoms with Crippen LogP contribution in [0.1, 0.15) is 11.1 Å². The normalized spacial score (nSPS) is 10.2. The van der Waals surface area contributed by atoms with Crippen molar-refractivity contribution in [3.05, 3.63) is 90.0 Å². The maximum Gasteiger partial charge on any atom is 0.482 e. The largest absolute Gasteiger partial charge is 0.482 e. The average Bonchev–Trinajstić information content (AvgIpc) is 3.38. The summed E-state index contributed by atoms with van der Waals surface area (Å²) in [4.78, 5) is 26.1. The summed E-state index contributed by atoms with van der Waals surface area (Å²) in [6, 6.07) is 24.1. The molecule has 151 valence electrons.